The van der Waals surface area contributed by atoms with Crippen LogP contribution in [0.25, 0.3) is 0 Å². The van der Waals surface area contributed by atoms with Gasteiger partial charge >= 0.3 is 0 Å². The molecule has 0 saturated heterocycles. The van der Waals surface area contributed by atoms with Crippen LogP contribution in [0.5, 0.6) is 11.5 Å². The molecule has 1 amide bonds. The van der Waals surface area contributed by atoms with Crippen molar-refractivity contribution in [3.05, 3.63) is 23.3 Å². The maximum absolute atomic E-state index is 11.8. The molecule has 1 saturated carbocycles. The minimum absolute atomic E-state index is 0.0698. The van der Waals surface area contributed by atoms with Gasteiger partial charge in [-0.3, -0.25) is 4.79 Å². The lowest BCUT2D eigenvalue weighted by molar-refractivity contribution is -0.123. The van der Waals surface area contributed by atoms with E-state index in [1.807, 2.05) is 19.1 Å². The molecule has 96 valence electrons. The number of fused-ring (bicyclic) bond motifs is 1. The number of nitrogens with two attached hydrogens (primary N) is 1. The molecule has 0 bridgehead atoms. The molecule has 1 aromatic rings. The second-order valence-corrected chi connectivity index (χ2v) is 4.97. The number of nitrogens with one attached hydrogen (secondary N) is 1. The van der Waals surface area contributed by atoms with Gasteiger partial charge < -0.3 is 20.5 Å². The minimum atomic E-state index is -0.621. The van der Waals surface area contributed by atoms with E-state index in [-0.39, 0.29) is 12.7 Å². The van der Waals surface area contributed by atoms with Crippen LogP contribution in [0.1, 0.15) is 24.0 Å². The summed E-state index contributed by atoms with van der Waals surface area (Å²) in [6, 6.07) is 3.84. The highest BCUT2D eigenvalue weighted by Gasteiger charge is 2.45. The summed E-state index contributed by atoms with van der Waals surface area (Å²) >= 11 is 0. The highest BCUT2D eigenvalue weighted by atomic mass is 16.7. The van der Waals surface area contributed by atoms with Crippen molar-refractivity contribution in [3.63, 3.8) is 0 Å². The van der Waals surface area contributed by atoms with Crippen LogP contribution < -0.4 is 20.5 Å². The molecule has 2 aliphatic rings. The summed E-state index contributed by atoms with van der Waals surface area (Å²) in [5, 5.41) is 2.87. The first-order valence-electron chi connectivity index (χ1n) is 6.05. The predicted octanol–water partition coefficient (Wildman–Crippen LogP) is 0.831. The summed E-state index contributed by atoms with van der Waals surface area (Å²) < 4.78 is 10.6. The van der Waals surface area contributed by atoms with Crippen LogP contribution in [0.15, 0.2) is 12.1 Å². The highest BCUT2D eigenvalue weighted by Crippen LogP contribution is 2.35. The van der Waals surface area contributed by atoms with Crippen LogP contribution in [0.4, 0.5) is 0 Å². The first-order chi connectivity index (χ1) is 8.58. The molecule has 18 heavy (non-hydrogen) atoms. The van der Waals surface area contributed by atoms with E-state index < -0.39 is 5.54 Å². The van der Waals surface area contributed by atoms with E-state index in [0.29, 0.717) is 6.54 Å². The van der Waals surface area contributed by atoms with Crippen molar-refractivity contribution >= 4 is 5.91 Å². The highest BCUT2D eigenvalue weighted by molar-refractivity contribution is 5.88. The second-order valence-electron chi connectivity index (χ2n) is 4.97. The molecule has 5 heteroatoms. The third-order valence-corrected chi connectivity index (χ3v) is 3.51. The second kappa shape index (κ2) is 3.88. The summed E-state index contributed by atoms with van der Waals surface area (Å²) in [7, 11) is 0. The number of benzene rings is 1. The van der Waals surface area contributed by atoms with Crippen molar-refractivity contribution in [3.8, 4) is 11.5 Å². The molecule has 5 nitrogen and oxygen atoms in total. The largest absolute Gasteiger partial charge is 0.454 e. The number of aryl methyl sites for hydroxylation is 1. The normalized spacial score (nSPS) is 18.6. The summed E-state index contributed by atoms with van der Waals surface area (Å²) in [4.78, 5) is 11.8. The van der Waals surface area contributed by atoms with Gasteiger partial charge in [-0.1, -0.05) is 0 Å². The van der Waals surface area contributed by atoms with Crippen molar-refractivity contribution < 1.29 is 14.3 Å². The van der Waals surface area contributed by atoms with E-state index in [1.165, 1.54) is 0 Å². The zero-order valence-electron chi connectivity index (χ0n) is 10.3. The monoisotopic (exact) mass is 248 g/mol. The predicted molar refractivity (Wildman–Crippen MR) is 65.3 cm³/mol. The maximum atomic E-state index is 11.8. The Morgan fingerprint density at radius 3 is 2.72 bits per heavy atom. The number of rotatable bonds is 3. The molecule has 0 atom stereocenters. The van der Waals surface area contributed by atoms with Gasteiger partial charge in [-0.15, -0.1) is 0 Å². The van der Waals surface area contributed by atoms with Gasteiger partial charge in [-0.25, -0.2) is 0 Å². The van der Waals surface area contributed by atoms with Gasteiger partial charge in [-0.05, 0) is 43.0 Å². The Morgan fingerprint density at radius 1 is 1.39 bits per heavy atom. The lowest BCUT2D eigenvalue weighted by atomic mass is 10.1. The molecule has 3 rings (SSSR count). The fourth-order valence-corrected chi connectivity index (χ4v) is 1.99. The van der Waals surface area contributed by atoms with Gasteiger partial charge in [0.25, 0.3) is 0 Å². The van der Waals surface area contributed by atoms with Crippen LogP contribution in [-0.4, -0.2) is 18.2 Å². The zero-order chi connectivity index (χ0) is 12.8. The molecular weight excluding hydrogens is 232 g/mol. The summed E-state index contributed by atoms with van der Waals surface area (Å²) in [6.45, 7) is 2.72. The van der Waals surface area contributed by atoms with Crippen molar-refractivity contribution in [1.29, 1.82) is 0 Å². The Kier molecular flexibility index (Phi) is 2.45. The van der Waals surface area contributed by atoms with Crippen LogP contribution in [0, 0.1) is 6.92 Å². The van der Waals surface area contributed by atoms with Crippen molar-refractivity contribution in [1.82, 2.24) is 5.32 Å². The van der Waals surface area contributed by atoms with Crippen LogP contribution in [0.2, 0.25) is 0 Å². The first kappa shape index (κ1) is 11.3. The lowest BCUT2D eigenvalue weighted by Crippen LogP contribution is -2.42. The SMILES string of the molecule is Cc1cc2c(cc1CNC(=O)C1(N)CC1)OCO2. The molecule has 0 unspecified atom stereocenters. The lowest BCUT2D eigenvalue weighted by Gasteiger charge is -2.12. The van der Waals surface area contributed by atoms with E-state index in [0.717, 1.165) is 35.5 Å². The van der Waals surface area contributed by atoms with E-state index in [9.17, 15) is 4.79 Å². The van der Waals surface area contributed by atoms with Crippen LogP contribution in [-0.2, 0) is 11.3 Å². The van der Waals surface area contributed by atoms with Gasteiger partial charge in [-0.2, -0.15) is 0 Å². The molecule has 0 spiro atoms. The van der Waals surface area contributed by atoms with Crippen molar-refractivity contribution in [2.45, 2.75) is 31.8 Å². The standard InChI is InChI=1S/C13H16N2O3/c1-8-4-10-11(18-7-17-10)5-9(8)6-15-12(16)13(14)2-3-13/h4-5H,2-3,6-7,14H2,1H3,(H,15,16). The van der Waals surface area contributed by atoms with E-state index in [1.54, 1.807) is 0 Å². The summed E-state index contributed by atoms with van der Waals surface area (Å²) in [6.07, 6.45) is 1.55. The van der Waals surface area contributed by atoms with Gasteiger partial charge in [0.05, 0.1) is 5.54 Å². The third kappa shape index (κ3) is 1.90. The molecule has 1 aromatic carbocycles. The van der Waals surface area contributed by atoms with Gasteiger partial charge in [0.15, 0.2) is 11.5 Å². The molecular formula is C13H16N2O3. The molecule has 1 fully saturated rings. The number of carbonyl (C=O) groups is 1. The number of hydrogen-bond acceptors (Lipinski definition) is 4. The number of ether oxygens (including phenoxy) is 2. The molecule has 1 aliphatic carbocycles. The third-order valence-electron chi connectivity index (χ3n) is 3.51. The fraction of sp³-hybridized carbons (Fsp3) is 0.462. The number of carbonyl (C=O) groups excluding carboxylic acids is 1. The minimum Gasteiger partial charge on any atom is -0.454 e. The fourth-order valence-electron chi connectivity index (χ4n) is 1.99. The molecule has 1 heterocycles. The molecule has 0 aromatic heterocycles. The Balaban J connectivity index is 1.71. The quantitative estimate of drug-likeness (QED) is 0.831. The molecule has 0 radical (unpaired) electrons. The Morgan fingerprint density at radius 2 is 2.06 bits per heavy atom. The maximum Gasteiger partial charge on any atom is 0.240 e. The van der Waals surface area contributed by atoms with Gasteiger partial charge in [0.2, 0.25) is 12.7 Å². The Bertz CT molecular complexity index is 509. The summed E-state index contributed by atoms with van der Waals surface area (Å²) in [5.41, 5.74) is 7.30. The Labute approximate surface area is 105 Å². The topological polar surface area (TPSA) is 73.6 Å². The average Bonchev–Trinajstić information content (AvgIpc) is 2.94. The van der Waals surface area contributed by atoms with Crippen LogP contribution in [0.3, 0.4) is 0 Å². The molecule has 3 N–H and O–H groups in total. The van der Waals surface area contributed by atoms with Crippen molar-refractivity contribution in [2.24, 2.45) is 5.73 Å². The van der Waals surface area contributed by atoms with E-state index >= 15 is 0 Å². The van der Waals surface area contributed by atoms with Crippen molar-refractivity contribution in [2.75, 3.05) is 6.79 Å². The van der Waals surface area contributed by atoms with Crippen LogP contribution >= 0.6 is 0 Å². The zero-order valence-corrected chi connectivity index (χ0v) is 10.3. The van der Waals surface area contributed by atoms with E-state index in [4.69, 9.17) is 15.2 Å². The number of hydrogen-bond donors (Lipinski definition) is 2. The Hall–Kier alpha value is -1.75. The number of amides is 1. The molecule has 1 aliphatic heterocycles. The smallest absolute Gasteiger partial charge is 0.240 e. The summed E-state index contributed by atoms with van der Waals surface area (Å²) in [5.74, 6) is 1.43. The van der Waals surface area contributed by atoms with E-state index in [2.05, 4.69) is 5.32 Å². The van der Waals surface area contributed by atoms with Gasteiger partial charge in [0.1, 0.15) is 0 Å². The van der Waals surface area contributed by atoms with Gasteiger partial charge in [0, 0.05) is 6.54 Å². The first-order valence-corrected chi connectivity index (χ1v) is 6.05. The average molecular weight is 248 g/mol.